The molecule has 2 aliphatic rings. The molecule has 0 spiro atoms. The van der Waals surface area contributed by atoms with Crippen LogP contribution in [0.4, 0.5) is 16.2 Å². The normalized spacial score (nSPS) is 16.4. The van der Waals surface area contributed by atoms with Crippen LogP contribution in [-0.2, 0) is 16.0 Å². The molecule has 4 aromatic rings. The number of piperazine rings is 1. The van der Waals surface area contributed by atoms with E-state index in [2.05, 4.69) is 57.4 Å². The second-order valence-electron chi connectivity index (χ2n) is 13.6. The van der Waals surface area contributed by atoms with Crippen LogP contribution >= 0.6 is 31.9 Å². The summed E-state index contributed by atoms with van der Waals surface area (Å²) in [5.74, 6) is -0.605. The lowest BCUT2D eigenvalue weighted by atomic mass is 10.0. The van der Waals surface area contributed by atoms with Gasteiger partial charge in [0.15, 0.2) is 0 Å². The van der Waals surface area contributed by atoms with Gasteiger partial charge in [-0.05, 0) is 112 Å². The van der Waals surface area contributed by atoms with Crippen molar-refractivity contribution >= 4 is 72.1 Å². The number of hydrogen-bond donors (Lipinski definition) is 5. The number of fused-ring (bicyclic) bond motifs is 1. The second kappa shape index (κ2) is 17.6. The van der Waals surface area contributed by atoms with E-state index in [9.17, 15) is 19.2 Å². The summed E-state index contributed by atoms with van der Waals surface area (Å²) in [5.41, 5.74) is 15.7. The Labute approximate surface area is 324 Å². The van der Waals surface area contributed by atoms with Gasteiger partial charge in [0.05, 0.1) is 16.7 Å². The molecule has 0 radical (unpaired) electrons. The van der Waals surface area contributed by atoms with Crippen LogP contribution in [0.15, 0.2) is 74.7 Å². The maximum Gasteiger partial charge on any atom is 0.326 e. The minimum absolute atomic E-state index is 0.0712. The molecule has 282 valence electrons. The van der Waals surface area contributed by atoms with E-state index >= 15 is 0 Å². The first-order valence-corrected chi connectivity index (χ1v) is 19.6. The number of carbonyl (C=O) groups excluding carboxylic acids is 3. The van der Waals surface area contributed by atoms with Gasteiger partial charge < -0.3 is 41.8 Å². The molecule has 53 heavy (non-hydrogen) atoms. The average Bonchev–Trinajstić information content (AvgIpc) is 3.52. The molecule has 16 heteroatoms. The predicted octanol–water partition coefficient (Wildman–Crippen LogP) is 3.75. The number of imidazole rings is 1. The summed E-state index contributed by atoms with van der Waals surface area (Å²) in [4.78, 5) is 67.5. The van der Waals surface area contributed by atoms with Gasteiger partial charge in [0.25, 0.3) is 0 Å². The minimum atomic E-state index is -0.993. The summed E-state index contributed by atoms with van der Waals surface area (Å²) >= 11 is 6.98. The number of H-pyrrole nitrogens is 1. The number of aromatic amines is 1. The van der Waals surface area contributed by atoms with Gasteiger partial charge in [-0.15, -0.1) is 0 Å². The number of nitrogens with one attached hydrogen (secondary N) is 3. The Balaban J connectivity index is 1.15. The highest BCUT2D eigenvalue weighted by Gasteiger charge is 2.33. The number of amides is 4. The Morgan fingerprint density at radius 3 is 2.25 bits per heavy atom. The molecule has 6 rings (SSSR count). The first-order valence-electron chi connectivity index (χ1n) is 18.0. The SMILES string of the molecule is NCCCC[C@H](NC(=O)[C@@H](Cc1cc(Br)c(N)c(Br)c1)NC(=O)N1CCC(n2c(=O)[nH]c3ccccc32)CC1)C(=O)N1CCN(c2ccncc2)CC1. The fraction of sp³-hybridized carbons (Fsp3) is 0.432. The van der Waals surface area contributed by atoms with Crippen LogP contribution in [0.5, 0.6) is 0 Å². The third-order valence-corrected chi connectivity index (χ3v) is 11.4. The van der Waals surface area contributed by atoms with Crippen LogP contribution in [0, 0.1) is 0 Å². The van der Waals surface area contributed by atoms with Crippen LogP contribution in [0.2, 0.25) is 0 Å². The van der Waals surface area contributed by atoms with Gasteiger partial charge in [-0.2, -0.15) is 0 Å². The number of halogens is 2. The standard InChI is InChI=1S/C37H46Br2N10O4/c38-27-21-24(22-28(39)33(27)41)23-31(45-36(52)48-15-10-26(11-16-48)49-32-7-2-1-5-29(32)44-37(49)53)34(50)43-30(6-3-4-12-40)35(51)47-19-17-46(18-20-47)25-8-13-42-14-9-25/h1-2,5,7-9,13-14,21-22,26,30-31H,3-4,6,10-12,15-20,23,40-41H2,(H,43,50)(H,44,53)(H,45,52)/t30-,31+/m0/s1. The van der Waals surface area contributed by atoms with Crippen molar-refractivity contribution in [3.63, 3.8) is 0 Å². The number of pyridine rings is 1. The number of piperidine rings is 1. The van der Waals surface area contributed by atoms with Crippen LogP contribution in [-0.4, -0.2) is 100 Å². The molecule has 0 unspecified atom stereocenters. The van der Waals surface area contributed by atoms with Crippen molar-refractivity contribution in [1.82, 2.24) is 35.0 Å². The fourth-order valence-electron chi connectivity index (χ4n) is 7.19. The summed E-state index contributed by atoms with van der Waals surface area (Å²) in [6, 6.07) is 12.9. The molecular formula is C37H46Br2N10O4. The van der Waals surface area contributed by atoms with Crippen molar-refractivity contribution in [2.75, 3.05) is 56.4 Å². The van der Waals surface area contributed by atoms with E-state index in [-0.39, 0.29) is 30.1 Å². The lowest BCUT2D eigenvalue weighted by molar-refractivity contribution is -0.137. The number of aromatic nitrogens is 3. The number of hydrogen-bond acceptors (Lipinski definition) is 8. The molecule has 0 bridgehead atoms. The summed E-state index contributed by atoms with van der Waals surface area (Å²) in [6.07, 6.45) is 6.62. The second-order valence-corrected chi connectivity index (χ2v) is 15.3. The Hall–Kier alpha value is -4.41. The lowest BCUT2D eigenvalue weighted by Gasteiger charge is -2.38. The summed E-state index contributed by atoms with van der Waals surface area (Å²) in [7, 11) is 0. The molecule has 2 aliphatic heterocycles. The largest absolute Gasteiger partial charge is 0.397 e. The van der Waals surface area contributed by atoms with E-state index in [1.165, 1.54) is 0 Å². The Kier molecular flexibility index (Phi) is 12.7. The fourth-order valence-corrected chi connectivity index (χ4v) is 8.47. The Morgan fingerprint density at radius 1 is 0.887 bits per heavy atom. The van der Waals surface area contributed by atoms with Crippen molar-refractivity contribution in [1.29, 1.82) is 0 Å². The molecule has 2 saturated heterocycles. The highest BCUT2D eigenvalue weighted by Crippen LogP contribution is 2.30. The highest BCUT2D eigenvalue weighted by molar-refractivity contribution is 9.11. The molecular weight excluding hydrogens is 808 g/mol. The smallest absolute Gasteiger partial charge is 0.326 e. The molecule has 2 atom stereocenters. The first-order chi connectivity index (χ1) is 25.6. The summed E-state index contributed by atoms with van der Waals surface area (Å²) in [5, 5.41) is 5.99. The number of carbonyl (C=O) groups is 3. The number of urea groups is 1. The maximum atomic E-state index is 14.2. The third-order valence-electron chi connectivity index (χ3n) is 10.1. The Morgan fingerprint density at radius 2 is 1.57 bits per heavy atom. The molecule has 14 nitrogen and oxygen atoms in total. The average molecular weight is 855 g/mol. The zero-order valence-electron chi connectivity index (χ0n) is 29.5. The van der Waals surface area contributed by atoms with Crippen LogP contribution < -0.4 is 32.7 Å². The molecule has 2 aromatic carbocycles. The number of anilines is 2. The number of nitrogen functional groups attached to an aromatic ring is 1. The van der Waals surface area contributed by atoms with Crippen LogP contribution in [0.3, 0.4) is 0 Å². The van der Waals surface area contributed by atoms with E-state index < -0.39 is 18.0 Å². The van der Waals surface area contributed by atoms with Gasteiger partial charge in [-0.1, -0.05) is 12.1 Å². The lowest BCUT2D eigenvalue weighted by Crippen LogP contribution is -2.59. The Bertz CT molecular complexity index is 1930. The van der Waals surface area contributed by atoms with Crippen molar-refractivity contribution in [3.8, 4) is 0 Å². The number of nitrogens with two attached hydrogens (primary N) is 2. The zero-order valence-corrected chi connectivity index (χ0v) is 32.6. The van der Waals surface area contributed by atoms with Gasteiger partial charge in [-0.3, -0.25) is 19.1 Å². The van der Waals surface area contributed by atoms with Crippen LogP contribution in [0.1, 0.15) is 43.7 Å². The van der Waals surface area contributed by atoms with E-state index in [0.717, 1.165) is 22.3 Å². The van der Waals surface area contributed by atoms with E-state index in [1.54, 1.807) is 26.8 Å². The third kappa shape index (κ3) is 9.22. The molecule has 4 heterocycles. The van der Waals surface area contributed by atoms with Crippen LogP contribution in [0.25, 0.3) is 11.0 Å². The van der Waals surface area contributed by atoms with Gasteiger partial charge in [-0.25, -0.2) is 9.59 Å². The quantitative estimate of drug-likeness (QED) is 0.105. The molecule has 0 aliphatic carbocycles. The van der Waals surface area contributed by atoms with E-state index in [1.807, 2.05) is 48.5 Å². The topological polar surface area (TPSA) is 188 Å². The van der Waals surface area contributed by atoms with Crippen molar-refractivity contribution in [2.45, 2.75) is 56.7 Å². The van der Waals surface area contributed by atoms with Crippen molar-refractivity contribution in [2.24, 2.45) is 5.73 Å². The number of likely N-dealkylation sites (tertiary alicyclic amines) is 1. The summed E-state index contributed by atoms with van der Waals surface area (Å²) < 4.78 is 3.09. The number of unbranched alkanes of at least 4 members (excludes halogenated alkanes) is 1. The van der Waals surface area contributed by atoms with E-state index in [4.69, 9.17) is 11.5 Å². The van der Waals surface area contributed by atoms with Crippen molar-refractivity contribution < 1.29 is 14.4 Å². The predicted molar refractivity (Wildman–Crippen MR) is 213 cm³/mol. The monoisotopic (exact) mass is 852 g/mol. The molecule has 2 fully saturated rings. The summed E-state index contributed by atoms with van der Waals surface area (Å²) in [6.45, 7) is 3.62. The molecule has 2 aromatic heterocycles. The first kappa shape index (κ1) is 38.3. The zero-order chi connectivity index (χ0) is 37.5. The number of para-hydroxylation sites is 2. The molecule has 7 N–H and O–H groups in total. The van der Waals surface area contributed by atoms with Gasteiger partial charge in [0, 0.05) is 78.8 Å². The van der Waals surface area contributed by atoms with Gasteiger partial charge in [0.2, 0.25) is 11.8 Å². The maximum absolute atomic E-state index is 14.2. The minimum Gasteiger partial charge on any atom is -0.397 e. The number of benzene rings is 2. The molecule has 4 amide bonds. The molecule has 0 saturated carbocycles. The highest BCUT2D eigenvalue weighted by atomic mass is 79.9. The van der Waals surface area contributed by atoms with Gasteiger partial charge in [0.1, 0.15) is 12.1 Å². The van der Waals surface area contributed by atoms with Crippen molar-refractivity contribution in [3.05, 3.63) is 85.9 Å². The van der Waals surface area contributed by atoms with Gasteiger partial charge >= 0.3 is 11.7 Å². The van der Waals surface area contributed by atoms with E-state index in [0.29, 0.717) is 92.6 Å². The number of rotatable bonds is 12. The number of nitrogens with zero attached hydrogens (tertiary/aromatic N) is 5.